The molecule has 154 valence electrons. The highest BCUT2D eigenvalue weighted by Crippen LogP contribution is 2.32. The van der Waals surface area contributed by atoms with E-state index < -0.39 is 9.84 Å². The van der Waals surface area contributed by atoms with E-state index in [0.29, 0.717) is 6.54 Å². The molecule has 0 bridgehead atoms. The fraction of sp³-hybridized carbons (Fsp3) is 0.381. The lowest BCUT2D eigenvalue weighted by molar-refractivity contribution is -0.123. The molecule has 0 saturated carbocycles. The molecule has 0 spiro atoms. The topological polar surface area (TPSA) is 66.9 Å². The highest BCUT2D eigenvalue weighted by Gasteiger charge is 2.49. The minimum Gasteiger partial charge on any atom is -0.497 e. The minimum absolute atomic E-state index is 0.0124. The number of anilines is 1. The maximum Gasteiger partial charge on any atom is 0.241 e. The first-order valence-corrected chi connectivity index (χ1v) is 12.1. The average molecular weight is 479 g/mol. The Hall–Kier alpha value is -1.90. The van der Waals surface area contributed by atoms with Crippen LogP contribution in [0.25, 0.3) is 0 Å². The van der Waals surface area contributed by atoms with Gasteiger partial charge in [0.2, 0.25) is 5.91 Å². The molecule has 2 aromatic rings. The number of fused-ring (bicyclic) bond motifs is 1. The quantitative estimate of drug-likeness (QED) is 0.660. The van der Waals surface area contributed by atoms with Gasteiger partial charge in [-0.25, -0.2) is 8.42 Å². The van der Waals surface area contributed by atoms with Gasteiger partial charge in [-0.2, -0.15) is 0 Å². The van der Waals surface area contributed by atoms with E-state index in [0.717, 1.165) is 27.9 Å². The average Bonchev–Trinajstić information content (AvgIpc) is 3.02. The normalized spacial score (nSPS) is 23.8. The summed E-state index contributed by atoms with van der Waals surface area (Å²) in [5.74, 6) is 0.855. The molecule has 2 heterocycles. The zero-order chi connectivity index (χ0) is 20.6. The molecule has 2 aromatic carbocycles. The Balaban J connectivity index is 1.54. The molecule has 29 heavy (non-hydrogen) atoms. The van der Waals surface area contributed by atoms with Crippen LogP contribution in [0.1, 0.15) is 5.56 Å². The van der Waals surface area contributed by atoms with Crippen molar-refractivity contribution in [3.63, 3.8) is 0 Å². The van der Waals surface area contributed by atoms with E-state index in [4.69, 9.17) is 4.74 Å². The fourth-order valence-corrected chi connectivity index (χ4v) is 6.45. The van der Waals surface area contributed by atoms with Crippen molar-refractivity contribution in [1.82, 2.24) is 4.90 Å². The number of halogens is 1. The summed E-state index contributed by atoms with van der Waals surface area (Å²) in [5.41, 5.74) is 1.88. The SMILES string of the molecule is COc1ccc(CCN2CC(=O)N(c3ccc(Br)cc3)[C@@H]3CS(=O)(=O)C[C@@H]32)cc1. The third-order valence-electron chi connectivity index (χ3n) is 5.65. The highest BCUT2D eigenvalue weighted by atomic mass is 79.9. The van der Waals surface area contributed by atoms with Crippen LogP contribution >= 0.6 is 15.9 Å². The summed E-state index contributed by atoms with van der Waals surface area (Å²) in [6.07, 6.45) is 0.749. The van der Waals surface area contributed by atoms with Gasteiger partial charge in [0.25, 0.3) is 0 Å². The van der Waals surface area contributed by atoms with E-state index in [1.54, 1.807) is 12.0 Å². The molecule has 1 amide bonds. The molecule has 0 radical (unpaired) electrons. The Morgan fingerprint density at radius 2 is 1.69 bits per heavy atom. The van der Waals surface area contributed by atoms with Crippen LogP contribution in [0.5, 0.6) is 5.75 Å². The third kappa shape index (κ3) is 4.34. The Kier molecular flexibility index (Phi) is 5.68. The van der Waals surface area contributed by atoms with Crippen molar-refractivity contribution in [2.75, 3.05) is 36.6 Å². The van der Waals surface area contributed by atoms with Gasteiger partial charge in [-0.1, -0.05) is 28.1 Å². The lowest BCUT2D eigenvalue weighted by Crippen LogP contribution is -2.62. The molecule has 2 fully saturated rings. The summed E-state index contributed by atoms with van der Waals surface area (Å²) >= 11 is 3.40. The van der Waals surface area contributed by atoms with Gasteiger partial charge >= 0.3 is 0 Å². The molecule has 0 N–H and O–H groups in total. The molecular weight excluding hydrogens is 456 g/mol. The Morgan fingerprint density at radius 1 is 1.03 bits per heavy atom. The Morgan fingerprint density at radius 3 is 2.34 bits per heavy atom. The van der Waals surface area contributed by atoms with Crippen LogP contribution in [0.3, 0.4) is 0 Å². The van der Waals surface area contributed by atoms with Crippen molar-refractivity contribution < 1.29 is 17.9 Å². The molecular formula is C21H23BrN2O4S. The molecule has 2 saturated heterocycles. The van der Waals surface area contributed by atoms with Crippen LogP contribution < -0.4 is 9.64 Å². The number of amides is 1. The predicted molar refractivity (Wildman–Crippen MR) is 116 cm³/mol. The number of carbonyl (C=O) groups is 1. The van der Waals surface area contributed by atoms with Crippen molar-refractivity contribution in [2.24, 2.45) is 0 Å². The summed E-state index contributed by atoms with van der Waals surface area (Å²) in [4.78, 5) is 16.7. The number of hydrogen-bond acceptors (Lipinski definition) is 5. The van der Waals surface area contributed by atoms with E-state index in [1.807, 2.05) is 53.4 Å². The second-order valence-electron chi connectivity index (χ2n) is 7.52. The zero-order valence-corrected chi connectivity index (χ0v) is 18.5. The fourth-order valence-electron chi connectivity index (χ4n) is 4.20. The molecule has 0 aromatic heterocycles. The van der Waals surface area contributed by atoms with Gasteiger partial charge in [0.05, 0.1) is 31.2 Å². The van der Waals surface area contributed by atoms with Crippen LogP contribution in [0.4, 0.5) is 5.69 Å². The largest absolute Gasteiger partial charge is 0.497 e. The number of carbonyl (C=O) groups excluding carboxylic acids is 1. The summed E-state index contributed by atoms with van der Waals surface area (Å²) in [6, 6.07) is 14.8. The van der Waals surface area contributed by atoms with Gasteiger partial charge in [-0.05, 0) is 48.4 Å². The van der Waals surface area contributed by atoms with E-state index in [-0.39, 0.29) is 36.0 Å². The van der Waals surface area contributed by atoms with Gasteiger partial charge in [0, 0.05) is 22.7 Å². The first kappa shape index (κ1) is 20.4. The number of ether oxygens (including phenoxy) is 1. The number of piperazine rings is 1. The summed E-state index contributed by atoms with van der Waals surface area (Å²) in [5, 5.41) is 0. The van der Waals surface area contributed by atoms with Crippen LogP contribution in [0, 0.1) is 0 Å². The van der Waals surface area contributed by atoms with Crippen molar-refractivity contribution in [2.45, 2.75) is 18.5 Å². The first-order valence-electron chi connectivity index (χ1n) is 9.51. The van der Waals surface area contributed by atoms with E-state index in [9.17, 15) is 13.2 Å². The molecule has 0 unspecified atom stereocenters. The second-order valence-corrected chi connectivity index (χ2v) is 10.6. The maximum atomic E-state index is 13.0. The van der Waals surface area contributed by atoms with Gasteiger partial charge in [-0.3, -0.25) is 9.69 Å². The predicted octanol–water partition coefficient (Wildman–Crippen LogP) is 2.51. The first-order chi connectivity index (χ1) is 13.9. The van der Waals surface area contributed by atoms with Crippen molar-refractivity contribution >= 4 is 37.4 Å². The van der Waals surface area contributed by atoms with E-state index in [1.165, 1.54) is 0 Å². The number of benzene rings is 2. The summed E-state index contributed by atoms with van der Waals surface area (Å²) < 4.78 is 31.0. The summed E-state index contributed by atoms with van der Waals surface area (Å²) in [6.45, 7) is 0.867. The Bertz CT molecular complexity index is 992. The third-order valence-corrected chi connectivity index (χ3v) is 7.88. The number of nitrogens with zero attached hydrogens (tertiary/aromatic N) is 2. The molecule has 4 rings (SSSR count). The lowest BCUT2D eigenvalue weighted by Gasteiger charge is -2.43. The second kappa shape index (κ2) is 8.08. The number of methoxy groups -OCH3 is 1. The van der Waals surface area contributed by atoms with Crippen molar-refractivity contribution in [1.29, 1.82) is 0 Å². The van der Waals surface area contributed by atoms with Crippen molar-refractivity contribution in [3.8, 4) is 5.75 Å². The van der Waals surface area contributed by atoms with Gasteiger partial charge in [-0.15, -0.1) is 0 Å². The van der Waals surface area contributed by atoms with Crippen LogP contribution in [-0.2, 0) is 21.1 Å². The molecule has 0 aliphatic carbocycles. The molecule has 2 aliphatic rings. The van der Waals surface area contributed by atoms with Crippen molar-refractivity contribution in [3.05, 3.63) is 58.6 Å². The maximum absolute atomic E-state index is 13.0. The monoisotopic (exact) mass is 478 g/mol. The smallest absolute Gasteiger partial charge is 0.241 e. The number of sulfone groups is 1. The molecule has 8 heteroatoms. The number of rotatable bonds is 5. The lowest BCUT2D eigenvalue weighted by atomic mass is 10.0. The van der Waals surface area contributed by atoms with Crippen LogP contribution in [0.15, 0.2) is 53.0 Å². The molecule has 2 atom stereocenters. The van der Waals surface area contributed by atoms with Crippen LogP contribution in [-0.4, -0.2) is 63.0 Å². The highest BCUT2D eigenvalue weighted by molar-refractivity contribution is 9.10. The minimum atomic E-state index is -3.19. The number of hydrogen-bond donors (Lipinski definition) is 0. The zero-order valence-electron chi connectivity index (χ0n) is 16.1. The van der Waals surface area contributed by atoms with E-state index >= 15 is 0 Å². The summed E-state index contributed by atoms with van der Waals surface area (Å²) in [7, 11) is -1.56. The molecule has 2 aliphatic heterocycles. The van der Waals surface area contributed by atoms with E-state index in [2.05, 4.69) is 15.9 Å². The van der Waals surface area contributed by atoms with Crippen LogP contribution in [0.2, 0.25) is 0 Å². The molecule has 6 nitrogen and oxygen atoms in total. The standard InChI is InChI=1S/C21H23BrN2O4S/c1-28-18-8-2-15(3-9-18)10-11-23-12-21(25)24(17-6-4-16(22)5-7-17)20-14-29(26,27)13-19(20)23/h2-9,19-20H,10-14H2,1H3/t19-,20+/m0/s1. The van der Waals surface area contributed by atoms with Gasteiger partial charge < -0.3 is 9.64 Å². The van der Waals surface area contributed by atoms with Gasteiger partial charge in [0.15, 0.2) is 9.84 Å². The Labute approximate surface area is 179 Å². The van der Waals surface area contributed by atoms with Gasteiger partial charge in [0.1, 0.15) is 5.75 Å².